The molecule has 22 heavy (non-hydrogen) atoms. The van der Waals surface area contributed by atoms with Gasteiger partial charge >= 0.3 is 0 Å². The van der Waals surface area contributed by atoms with Crippen LogP contribution in [0.25, 0.3) is 0 Å². The molecule has 120 valence electrons. The van der Waals surface area contributed by atoms with Gasteiger partial charge in [-0.3, -0.25) is 9.89 Å². The van der Waals surface area contributed by atoms with Crippen molar-refractivity contribution in [1.82, 2.24) is 15.1 Å². The number of piperidine rings is 1. The van der Waals surface area contributed by atoms with Crippen LogP contribution in [0.4, 0.5) is 0 Å². The summed E-state index contributed by atoms with van der Waals surface area (Å²) >= 11 is 0. The van der Waals surface area contributed by atoms with E-state index >= 15 is 0 Å². The van der Waals surface area contributed by atoms with E-state index in [1.54, 1.807) is 0 Å². The second-order valence-corrected chi connectivity index (χ2v) is 7.29. The maximum atomic E-state index is 12.8. The Bertz CT molecular complexity index is 566. The van der Waals surface area contributed by atoms with Crippen LogP contribution >= 0.6 is 0 Å². The first-order valence-corrected chi connectivity index (χ1v) is 8.59. The third kappa shape index (κ3) is 2.35. The van der Waals surface area contributed by atoms with Crippen LogP contribution < -0.4 is 0 Å². The molecule has 1 saturated heterocycles. The number of aromatic amines is 1. The fourth-order valence-corrected chi connectivity index (χ4v) is 4.49. The lowest BCUT2D eigenvalue weighted by molar-refractivity contribution is -0.0296. The molecule has 5 nitrogen and oxygen atoms in total. The minimum atomic E-state index is 0.0870. The first-order valence-electron chi connectivity index (χ1n) is 8.59. The largest absolute Gasteiger partial charge is 0.381 e. The van der Waals surface area contributed by atoms with Gasteiger partial charge in [0.05, 0.1) is 6.10 Å². The van der Waals surface area contributed by atoms with Crippen LogP contribution in [0.2, 0.25) is 0 Å². The number of nitrogens with one attached hydrogen (secondary N) is 1. The Kier molecular flexibility index (Phi) is 3.48. The van der Waals surface area contributed by atoms with Gasteiger partial charge in [-0.05, 0) is 44.6 Å². The Morgan fingerprint density at radius 2 is 2.18 bits per heavy atom. The summed E-state index contributed by atoms with van der Waals surface area (Å²) in [6.45, 7) is 1.68. The van der Waals surface area contributed by atoms with Crippen LogP contribution in [0.3, 0.4) is 0 Å². The maximum absolute atomic E-state index is 12.8. The fourth-order valence-electron chi connectivity index (χ4n) is 4.49. The molecule has 0 unspecified atom stereocenters. The summed E-state index contributed by atoms with van der Waals surface area (Å²) in [6.07, 6.45) is 8.54. The lowest BCUT2D eigenvalue weighted by Crippen LogP contribution is -2.49. The number of H-pyrrole nitrogens is 1. The highest BCUT2D eigenvalue weighted by Gasteiger charge is 2.46. The topological polar surface area (TPSA) is 58.2 Å². The lowest BCUT2D eigenvalue weighted by atomic mass is 9.76. The summed E-state index contributed by atoms with van der Waals surface area (Å²) in [5.74, 6) is 0.693. The summed E-state index contributed by atoms with van der Waals surface area (Å²) in [6, 6.07) is 1.96. The number of methoxy groups -OCH3 is 1. The summed E-state index contributed by atoms with van der Waals surface area (Å²) < 4.78 is 5.72. The SMILES string of the molecule is CO[C@@H]1CCC[C@]12CCCN(C(=O)c1cc(C3CC3)[nH]n1)C2. The number of amides is 1. The van der Waals surface area contributed by atoms with Crippen LogP contribution in [0, 0.1) is 5.41 Å². The zero-order chi connectivity index (χ0) is 15.2. The average molecular weight is 303 g/mol. The number of rotatable bonds is 3. The third-order valence-electron chi connectivity index (χ3n) is 5.84. The first kappa shape index (κ1) is 14.2. The van der Waals surface area contributed by atoms with E-state index in [0.29, 0.717) is 17.7 Å². The van der Waals surface area contributed by atoms with Crippen molar-refractivity contribution < 1.29 is 9.53 Å². The van der Waals surface area contributed by atoms with Crippen molar-refractivity contribution in [3.8, 4) is 0 Å². The van der Waals surface area contributed by atoms with Gasteiger partial charge in [0.15, 0.2) is 0 Å². The van der Waals surface area contributed by atoms with E-state index in [2.05, 4.69) is 10.2 Å². The summed E-state index contributed by atoms with van der Waals surface area (Å²) in [5, 5.41) is 7.31. The van der Waals surface area contributed by atoms with Gasteiger partial charge in [0.1, 0.15) is 5.69 Å². The predicted molar refractivity (Wildman–Crippen MR) is 82.8 cm³/mol. The van der Waals surface area contributed by atoms with Crippen molar-refractivity contribution in [2.75, 3.05) is 20.2 Å². The number of ether oxygens (including phenoxy) is 1. The van der Waals surface area contributed by atoms with Crippen molar-refractivity contribution in [2.45, 2.75) is 57.0 Å². The van der Waals surface area contributed by atoms with E-state index in [4.69, 9.17) is 4.74 Å². The lowest BCUT2D eigenvalue weighted by Gasteiger charge is -2.43. The predicted octanol–water partition coefficient (Wildman–Crippen LogP) is 2.71. The molecule has 0 bridgehead atoms. The Morgan fingerprint density at radius 3 is 2.95 bits per heavy atom. The van der Waals surface area contributed by atoms with Crippen LogP contribution in [0.15, 0.2) is 6.07 Å². The molecule has 1 N–H and O–H groups in total. The highest BCUT2D eigenvalue weighted by Crippen LogP contribution is 2.46. The van der Waals surface area contributed by atoms with Gasteiger partial charge in [0, 0.05) is 37.2 Å². The Balaban J connectivity index is 1.50. The normalized spacial score (nSPS) is 31.9. The molecule has 1 aromatic heterocycles. The standard InChI is InChI=1S/C17H25N3O2/c1-22-15-4-2-7-17(15)8-3-9-20(11-17)16(21)14-10-13(18-19-14)12-5-6-12/h10,12,15H,2-9,11H2,1H3,(H,18,19)/t15-,17-/m1/s1. The minimum absolute atomic E-state index is 0.0870. The molecule has 1 aromatic rings. The zero-order valence-corrected chi connectivity index (χ0v) is 13.3. The minimum Gasteiger partial charge on any atom is -0.381 e. The molecule has 5 heteroatoms. The smallest absolute Gasteiger partial charge is 0.274 e. The van der Waals surface area contributed by atoms with Crippen molar-refractivity contribution >= 4 is 5.91 Å². The number of aromatic nitrogens is 2. The second-order valence-electron chi connectivity index (χ2n) is 7.29. The molecule has 0 aromatic carbocycles. The maximum Gasteiger partial charge on any atom is 0.274 e. The third-order valence-corrected chi connectivity index (χ3v) is 5.84. The van der Waals surface area contributed by atoms with E-state index in [1.165, 1.54) is 32.1 Å². The Hall–Kier alpha value is -1.36. The average Bonchev–Trinajstić information content (AvgIpc) is 3.15. The zero-order valence-electron chi connectivity index (χ0n) is 13.3. The molecule has 1 spiro atoms. The van der Waals surface area contributed by atoms with Crippen molar-refractivity contribution in [3.63, 3.8) is 0 Å². The molecule has 4 rings (SSSR count). The summed E-state index contributed by atoms with van der Waals surface area (Å²) in [4.78, 5) is 14.8. The first-order chi connectivity index (χ1) is 10.7. The van der Waals surface area contributed by atoms with Gasteiger partial charge in [0.25, 0.3) is 5.91 Å². The molecule has 1 amide bonds. The number of carbonyl (C=O) groups is 1. The summed E-state index contributed by atoms with van der Waals surface area (Å²) in [7, 11) is 1.81. The Morgan fingerprint density at radius 1 is 1.36 bits per heavy atom. The molecule has 0 radical (unpaired) electrons. The molecule has 3 aliphatic rings. The van der Waals surface area contributed by atoms with Crippen molar-refractivity contribution in [3.05, 3.63) is 17.5 Å². The fraction of sp³-hybridized carbons (Fsp3) is 0.765. The van der Waals surface area contributed by atoms with Gasteiger partial charge in [-0.15, -0.1) is 0 Å². The number of hydrogen-bond donors (Lipinski definition) is 1. The van der Waals surface area contributed by atoms with Gasteiger partial charge in [-0.1, -0.05) is 6.42 Å². The van der Waals surface area contributed by atoms with E-state index in [1.807, 2.05) is 18.1 Å². The highest BCUT2D eigenvalue weighted by atomic mass is 16.5. The van der Waals surface area contributed by atoms with Gasteiger partial charge in [-0.2, -0.15) is 5.10 Å². The quantitative estimate of drug-likeness (QED) is 0.934. The van der Waals surface area contributed by atoms with E-state index in [9.17, 15) is 4.79 Å². The van der Waals surface area contributed by atoms with Crippen molar-refractivity contribution in [1.29, 1.82) is 0 Å². The van der Waals surface area contributed by atoms with E-state index < -0.39 is 0 Å². The van der Waals surface area contributed by atoms with Crippen molar-refractivity contribution in [2.24, 2.45) is 5.41 Å². The van der Waals surface area contributed by atoms with Crippen LogP contribution in [0.1, 0.15) is 67.0 Å². The second kappa shape index (κ2) is 5.37. The van der Waals surface area contributed by atoms with Gasteiger partial charge in [-0.25, -0.2) is 0 Å². The summed E-state index contributed by atoms with van der Waals surface area (Å²) in [5.41, 5.74) is 1.90. The van der Waals surface area contributed by atoms with Gasteiger partial charge < -0.3 is 9.64 Å². The Labute approximate surface area is 131 Å². The monoisotopic (exact) mass is 303 g/mol. The molecule has 2 saturated carbocycles. The number of likely N-dealkylation sites (tertiary alicyclic amines) is 1. The molecule has 2 heterocycles. The molecule has 2 aliphatic carbocycles. The van der Waals surface area contributed by atoms with E-state index in [0.717, 1.165) is 31.6 Å². The number of hydrogen-bond acceptors (Lipinski definition) is 3. The number of carbonyl (C=O) groups excluding carboxylic acids is 1. The molecular formula is C17H25N3O2. The number of nitrogens with zero attached hydrogens (tertiary/aromatic N) is 2. The van der Waals surface area contributed by atoms with Crippen LogP contribution in [-0.2, 0) is 4.74 Å². The molecule has 3 fully saturated rings. The highest BCUT2D eigenvalue weighted by molar-refractivity contribution is 5.92. The molecule has 1 aliphatic heterocycles. The molecular weight excluding hydrogens is 278 g/mol. The van der Waals surface area contributed by atoms with Crippen LogP contribution in [-0.4, -0.2) is 47.3 Å². The van der Waals surface area contributed by atoms with Crippen LogP contribution in [0.5, 0.6) is 0 Å². The van der Waals surface area contributed by atoms with E-state index in [-0.39, 0.29) is 11.3 Å². The molecule has 2 atom stereocenters. The van der Waals surface area contributed by atoms with Gasteiger partial charge in [0.2, 0.25) is 0 Å².